The highest BCUT2D eigenvalue weighted by Crippen LogP contribution is 2.32. The first-order valence-corrected chi connectivity index (χ1v) is 9.68. The van der Waals surface area contributed by atoms with Gasteiger partial charge < -0.3 is 14.8 Å². The molecule has 1 N–H and O–H groups in total. The van der Waals surface area contributed by atoms with Gasteiger partial charge in [0.15, 0.2) is 0 Å². The first-order valence-electron chi connectivity index (χ1n) is 9.30. The smallest absolute Gasteiger partial charge is 0.278 e. The van der Waals surface area contributed by atoms with E-state index in [2.05, 4.69) is 5.32 Å². The first-order chi connectivity index (χ1) is 13.9. The Morgan fingerprint density at radius 1 is 1.07 bits per heavy atom. The fourth-order valence-corrected chi connectivity index (χ4v) is 3.29. The van der Waals surface area contributed by atoms with E-state index in [4.69, 9.17) is 21.1 Å². The molecule has 6 nitrogen and oxygen atoms in total. The minimum absolute atomic E-state index is 0.0170. The van der Waals surface area contributed by atoms with Crippen LogP contribution in [0, 0.1) is 0 Å². The number of rotatable bonds is 8. The molecule has 0 fully saturated rings. The van der Waals surface area contributed by atoms with Crippen LogP contribution in [0.1, 0.15) is 19.4 Å². The minimum atomic E-state index is -0.395. The molecular formula is C22H23ClN2O4. The molecule has 2 aromatic carbocycles. The van der Waals surface area contributed by atoms with Crippen LogP contribution in [0.15, 0.2) is 54.2 Å². The van der Waals surface area contributed by atoms with Crippen molar-refractivity contribution in [2.45, 2.75) is 20.0 Å². The average molecular weight is 415 g/mol. The topological polar surface area (TPSA) is 67.9 Å². The van der Waals surface area contributed by atoms with E-state index in [0.717, 1.165) is 0 Å². The van der Waals surface area contributed by atoms with Gasteiger partial charge in [0.2, 0.25) is 0 Å². The third-order valence-corrected chi connectivity index (χ3v) is 4.71. The lowest BCUT2D eigenvalue weighted by Gasteiger charge is -2.16. The van der Waals surface area contributed by atoms with Gasteiger partial charge in [-0.2, -0.15) is 0 Å². The number of benzene rings is 2. The summed E-state index contributed by atoms with van der Waals surface area (Å²) in [4.78, 5) is 27.3. The molecule has 152 valence electrons. The highest BCUT2D eigenvalue weighted by molar-refractivity contribution is 6.36. The van der Waals surface area contributed by atoms with Gasteiger partial charge in [0, 0.05) is 5.69 Å². The van der Waals surface area contributed by atoms with Gasteiger partial charge in [-0.1, -0.05) is 41.9 Å². The van der Waals surface area contributed by atoms with Gasteiger partial charge in [-0.05, 0) is 37.6 Å². The van der Waals surface area contributed by atoms with Gasteiger partial charge in [0.05, 0.1) is 37.0 Å². The number of hydrogen-bond acceptors (Lipinski definition) is 5. The Bertz CT molecular complexity index is 941. The molecule has 29 heavy (non-hydrogen) atoms. The van der Waals surface area contributed by atoms with Crippen LogP contribution < -0.4 is 10.1 Å². The van der Waals surface area contributed by atoms with Crippen molar-refractivity contribution in [2.24, 2.45) is 0 Å². The van der Waals surface area contributed by atoms with Gasteiger partial charge in [-0.15, -0.1) is 0 Å². The maximum Gasteiger partial charge on any atom is 0.278 e. The van der Waals surface area contributed by atoms with Crippen LogP contribution in [0.5, 0.6) is 5.75 Å². The maximum atomic E-state index is 13.1. The Morgan fingerprint density at radius 2 is 1.79 bits per heavy atom. The van der Waals surface area contributed by atoms with Crippen LogP contribution in [0.25, 0.3) is 5.57 Å². The number of halogens is 1. The molecule has 1 aliphatic heterocycles. The molecule has 0 aromatic heterocycles. The van der Waals surface area contributed by atoms with Crippen molar-refractivity contribution in [2.75, 3.05) is 25.6 Å². The van der Waals surface area contributed by atoms with Crippen molar-refractivity contribution in [3.63, 3.8) is 0 Å². The number of methoxy groups -OCH3 is 1. The molecule has 0 aliphatic carbocycles. The second-order valence-corrected chi connectivity index (χ2v) is 7.18. The van der Waals surface area contributed by atoms with Crippen LogP contribution in [-0.2, 0) is 14.3 Å². The van der Waals surface area contributed by atoms with E-state index < -0.39 is 5.91 Å². The van der Waals surface area contributed by atoms with Crippen molar-refractivity contribution in [1.29, 1.82) is 0 Å². The van der Waals surface area contributed by atoms with Crippen molar-refractivity contribution >= 4 is 34.7 Å². The average Bonchev–Trinajstić information content (AvgIpc) is 2.93. The molecule has 0 unspecified atom stereocenters. The summed E-state index contributed by atoms with van der Waals surface area (Å²) in [6, 6.07) is 14.2. The second-order valence-electron chi connectivity index (χ2n) is 6.77. The maximum absolute atomic E-state index is 13.1. The zero-order chi connectivity index (χ0) is 21.0. The lowest BCUT2D eigenvalue weighted by molar-refractivity contribution is -0.137. The van der Waals surface area contributed by atoms with E-state index in [1.54, 1.807) is 30.3 Å². The van der Waals surface area contributed by atoms with E-state index in [9.17, 15) is 9.59 Å². The number of nitrogens with zero attached hydrogens (tertiary/aromatic N) is 1. The summed E-state index contributed by atoms with van der Waals surface area (Å²) in [6.45, 7) is 4.27. The number of hydrogen-bond donors (Lipinski definition) is 1. The standard InChI is InChI=1S/C22H23ClN2O4/c1-14(2)29-12-11-25-21(26)19(15-7-5-4-6-8-15)20(22(25)27)24-16-9-10-18(28-3)17(23)13-16/h4-10,13-14,24H,11-12H2,1-3H3. The predicted octanol–water partition coefficient (Wildman–Crippen LogP) is 3.97. The second kappa shape index (κ2) is 9.11. The zero-order valence-electron chi connectivity index (χ0n) is 16.6. The van der Waals surface area contributed by atoms with Crippen LogP contribution in [0.2, 0.25) is 5.02 Å². The first kappa shape index (κ1) is 20.9. The minimum Gasteiger partial charge on any atom is -0.495 e. The van der Waals surface area contributed by atoms with Gasteiger partial charge >= 0.3 is 0 Å². The Morgan fingerprint density at radius 3 is 2.41 bits per heavy atom. The third kappa shape index (κ3) is 4.60. The van der Waals surface area contributed by atoms with E-state index in [-0.39, 0.29) is 30.9 Å². The largest absolute Gasteiger partial charge is 0.495 e. The van der Waals surface area contributed by atoms with E-state index in [1.807, 2.05) is 32.0 Å². The van der Waals surface area contributed by atoms with Crippen LogP contribution in [-0.4, -0.2) is 43.1 Å². The molecule has 0 saturated carbocycles. The molecule has 3 rings (SSSR count). The quantitative estimate of drug-likeness (QED) is 0.662. The molecule has 1 heterocycles. The summed E-state index contributed by atoms with van der Waals surface area (Å²) < 4.78 is 10.7. The third-order valence-electron chi connectivity index (χ3n) is 4.42. The van der Waals surface area contributed by atoms with Crippen LogP contribution >= 0.6 is 11.6 Å². The van der Waals surface area contributed by atoms with Gasteiger partial charge in [-0.25, -0.2) is 0 Å². The molecule has 0 atom stereocenters. The summed E-state index contributed by atoms with van der Waals surface area (Å²) in [5, 5.41) is 3.48. The highest BCUT2D eigenvalue weighted by Gasteiger charge is 2.39. The monoisotopic (exact) mass is 414 g/mol. The Kier molecular flexibility index (Phi) is 6.56. The van der Waals surface area contributed by atoms with Crippen molar-refractivity contribution in [3.05, 3.63) is 64.8 Å². The number of ether oxygens (including phenoxy) is 2. The van der Waals surface area contributed by atoms with Crippen LogP contribution in [0.4, 0.5) is 5.69 Å². The van der Waals surface area contributed by atoms with Crippen LogP contribution in [0.3, 0.4) is 0 Å². The van der Waals surface area contributed by atoms with E-state index in [0.29, 0.717) is 27.6 Å². The van der Waals surface area contributed by atoms with Gasteiger partial charge in [0.25, 0.3) is 11.8 Å². The van der Waals surface area contributed by atoms with E-state index >= 15 is 0 Å². The lowest BCUT2D eigenvalue weighted by atomic mass is 10.0. The SMILES string of the molecule is COc1ccc(NC2=C(c3ccccc3)C(=O)N(CCOC(C)C)C2=O)cc1Cl. The Balaban J connectivity index is 1.94. The van der Waals surface area contributed by atoms with Gasteiger partial charge in [0.1, 0.15) is 11.4 Å². The fraction of sp³-hybridized carbons (Fsp3) is 0.273. The molecule has 0 radical (unpaired) electrons. The zero-order valence-corrected chi connectivity index (χ0v) is 17.3. The normalized spacial score (nSPS) is 14.2. The molecule has 0 bridgehead atoms. The molecule has 2 amide bonds. The van der Waals surface area contributed by atoms with Gasteiger partial charge in [-0.3, -0.25) is 14.5 Å². The Hall–Kier alpha value is -2.83. The summed E-state index contributed by atoms with van der Waals surface area (Å²) >= 11 is 6.20. The predicted molar refractivity (Wildman–Crippen MR) is 113 cm³/mol. The van der Waals surface area contributed by atoms with Crippen molar-refractivity contribution in [3.8, 4) is 5.75 Å². The van der Waals surface area contributed by atoms with E-state index in [1.165, 1.54) is 12.0 Å². The number of imide groups is 1. The number of amides is 2. The Labute approximate surface area is 175 Å². The number of anilines is 1. The number of carbonyl (C=O) groups is 2. The number of carbonyl (C=O) groups excluding carboxylic acids is 2. The molecule has 2 aromatic rings. The molecule has 0 saturated heterocycles. The van der Waals surface area contributed by atoms with Crippen molar-refractivity contribution in [1.82, 2.24) is 4.90 Å². The van der Waals surface area contributed by atoms with Crippen molar-refractivity contribution < 1.29 is 19.1 Å². The highest BCUT2D eigenvalue weighted by atomic mass is 35.5. The molecule has 0 spiro atoms. The lowest BCUT2D eigenvalue weighted by Crippen LogP contribution is -2.35. The number of nitrogens with one attached hydrogen (secondary N) is 1. The summed E-state index contributed by atoms with van der Waals surface area (Å²) in [7, 11) is 1.53. The fourth-order valence-electron chi connectivity index (χ4n) is 3.04. The summed E-state index contributed by atoms with van der Waals surface area (Å²) in [6.07, 6.45) is 0.0170. The summed E-state index contributed by atoms with van der Waals surface area (Å²) in [5.41, 5.74) is 1.79. The summed E-state index contributed by atoms with van der Waals surface area (Å²) in [5.74, 6) is -0.223. The molecular weight excluding hydrogens is 392 g/mol. The molecule has 7 heteroatoms. The molecule has 1 aliphatic rings.